The Morgan fingerprint density at radius 1 is 0.171 bits per heavy atom. The van der Waals surface area contributed by atoms with Gasteiger partial charge in [-0.3, -0.25) is 0 Å². The Kier molecular flexibility index (Phi) is 24.2. The molecule has 0 aliphatic heterocycles. The summed E-state index contributed by atoms with van der Waals surface area (Å²) in [6.45, 7) is 49.9. The van der Waals surface area contributed by atoms with Crippen LogP contribution in [0, 0.1) is 34.6 Å². The summed E-state index contributed by atoms with van der Waals surface area (Å²) in [5.41, 5.74) is 48.4. The van der Waals surface area contributed by atoms with E-state index in [0.29, 0.717) is 0 Å². The van der Waals surface area contributed by atoms with Gasteiger partial charge >= 0.3 is 0 Å². The standard InChI is InChI=1S/4C29H30N.C25H22N/c1-19-14-16-23-22-17-15-20-11-7-8-12-21(20)26(22)28(2,3)29(4,5)27(23)25(19)24-13-9-10-18-30(24)6;1-19-17-25-23(18-22(19)26-13-9-10-16-30(26)6)27-21-12-8-7-11-20(21)14-15-24(27)28(2,3)29(25,4)5;1-19-17-25-24(18-23(19)26-13-9-10-16-30(26)6)22-15-14-20-11-7-8-12-21(20)27(22)29(4,5)28(25,2)3;1-19-15-25-24(18-22(19)27-13-9-10-14-30(27)6)23-16-20-11-7-8-12-21(20)17-26(23)29(4,5)28(25,2)3;1-17-10-12-22-21-13-11-18-7-3-4-8-19(18)20(21)14-15-23(22)25(17)24-9-5-6-16-26(24)2/h4*7-18H,1-6H3;3-13,16H,14-15H2,1-2H3/q5*+1. The summed E-state index contributed by atoms with van der Waals surface area (Å²) < 4.78 is 11.1. The Labute approximate surface area is 867 Å². The molecule has 146 heavy (non-hydrogen) atoms. The average Bonchev–Trinajstić information content (AvgIpc) is 0.704. The van der Waals surface area contributed by atoms with Crippen molar-refractivity contribution in [3.05, 3.63) is 448 Å². The monoisotopic (exact) mass is 1910 g/mol. The van der Waals surface area contributed by atoms with Crippen molar-refractivity contribution < 1.29 is 22.8 Å². The van der Waals surface area contributed by atoms with E-state index in [0.717, 1.165) is 12.8 Å². The predicted octanol–water partition coefficient (Wildman–Crippen LogP) is 32.9. The molecule has 0 amide bonds. The summed E-state index contributed by atoms with van der Waals surface area (Å²) in [4.78, 5) is 0. The van der Waals surface area contributed by atoms with Crippen molar-refractivity contribution in [2.75, 3.05) is 0 Å². The summed E-state index contributed by atoms with van der Waals surface area (Å²) in [5, 5.41) is 13.5. The lowest BCUT2D eigenvalue weighted by Gasteiger charge is -2.49. The van der Waals surface area contributed by atoms with Gasteiger partial charge in [0, 0.05) is 93.6 Å². The van der Waals surface area contributed by atoms with Gasteiger partial charge in [-0.2, -0.15) is 0 Å². The lowest BCUT2D eigenvalue weighted by Crippen LogP contribution is -2.44. The van der Waals surface area contributed by atoms with Crippen molar-refractivity contribution in [1.29, 1.82) is 0 Å². The summed E-state index contributed by atoms with van der Waals surface area (Å²) in [6, 6.07) is 124. The first-order valence-electron chi connectivity index (χ1n) is 52.8. The number of aromatic nitrogens is 5. The average molecular weight is 1910 g/mol. The van der Waals surface area contributed by atoms with E-state index in [9.17, 15) is 0 Å². The molecule has 5 heterocycles. The molecule has 0 radical (unpaired) electrons. The van der Waals surface area contributed by atoms with Gasteiger partial charge in [0.25, 0.3) is 0 Å². The predicted molar refractivity (Wildman–Crippen MR) is 615 cm³/mol. The van der Waals surface area contributed by atoms with Gasteiger partial charge in [-0.1, -0.05) is 323 Å². The van der Waals surface area contributed by atoms with E-state index < -0.39 is 0 Å². The van der Waals surface area contributed by atoms with Crippen molar-refractivity contribution in [2.45, 2.75) is 202 Å². The first-order chi connectivity index (χ1) is 69.7. The minimum atomic E-state index is -0.0380. The first kappa shape index (κ1) is 97.4. The molecule has 5 aromatic heterocycles. The second kappa shape index (κ2) is 36.2. The van der Waals surface area contributed by atoms with E-state index in [1.54, 1.807) is 0 Å². The summed E-state index contributed by atoms with van der Waals surface area (Å²) in [6.07, 6.45) is 12.9. The summed E-state index contributed by atoms with van der Waals surface area (Å²) >= 11 is 0. The molecule has 5 aliphatic rings. The largest absolute Gasteiger partial charge is 0.212 e. The smallest absolute Gasteiger partial charge is 0.201 e. The minimum absolute atomic E-state index is 0.0154. The van der Waals surface area contributed by atoms with Crippen LogP contribution in [0.5, 0.6) is 0 Å². The van der Waals surface area contributed by atoms with Crippen LogP contribution in [0.25, 0.3) is 166 Å². The second-order valence-electron chi connectivity index (χ2n) is 46.8. The highest BCUT2D eigenvalue weighted by Gasteiger charge is 2.53. The van der Waals surface area contributed by atoms with Gasteiger partial charge in [-0.05, 0) is 328 Å². The van der Waals surface area contributed by atoms with Crippen LogP contribution >= 0.6 is 0 Å². The molecular weight excluding hydrogens is 1760 g/mol. The lowest BCUT2D eigenvalue weighted by molar-refractivity contribution is -0.660. The molecular formula is C141H142N5+5. The number of fused-ring (bicyclic) bond motifs is 24. The van der Waals surface area contributed by atoms with Crippen LogP contribution in [0.2, 0.25) is 0 Å². The summed E-state index contributed by atoms with van der Waals surface area (Å²) in [5.74, 6) is 0. The highest BCUT2D eigenvalue weighted by Crippen LogP contribution is 2.63. The maximum Gasteiger partial charge on any atom is 0.212 e. The molecule has 0 bridgehead atoms. The Morgan fingerprint density at radius 2 is 0.452 bits per heavy atom. The molecule has 0 atom stereocenters. The third-order valence-corrected chi connectivity index (χ3v) is 36.9. The number of hydrogen-bond acceptors (Lipinski definition) is 0. The minimum Gasteiger partial charge on any atom is -0.201 e. The Morgan fingerprint density at radius 3 is 0.918 bits per heavy atom. The van der Waals surface area contributed by atoms with Gasteiger partial charge in [-0.15, -0.1) is 0 Å². The molecule has 726 valence electrons. The van der Waals surface area contributed by atoms with Crippen molar-refractivity contribution in [1.82, 2.24) is 0 Å². The maximum absolute atomic E-state index is 2.45. The van der Waals surface area contributed by atoms with Gasteiger partial charge < -0.3 is 0 Å². The van der Waals surface area contributed by atoms with Crippen molar-refractivity contribution in [3.63, 3.8) is 0 Å². The van der Waals surface area contributed by atoms with Gasteiger partial charge in [0.15, 0.2) is 31.0 Å². The third-order valence-electron chi connectivity index (χ3n) is 36.9. The molecule has 5 aliphatic carbocycles. The maximum atomic E-state index is 2.45. The topological polar surface area (TPSA) is 19.4 Å². The van der Waals surface area contributed by atoms with E-state index in [1.807, 2.05) is 0 Å². The van der Waals surface area contributed by atoms with Gasteiger partial charge in [-0.25, -0.2) is 22.8 Å². The number of pyridine rings is 5. The van der Waals surface area contributed by atoms with E-state index in [2.05, 4.69) is 568 Å². The van der Waals surface area contributed by atoms with E-state index in [1.165, 1.54) is 249 Å². The number of benzene rings is 15. The van der Waals surface area contributed by atoms with Crippen LogP contribution in [-0.4, -0.2) is 0 Å². The SMILES string of the molecule is Cc1cc2c(cc1-c1cccc[n+]1C)-c1c(ccc3ccccc13)C(C)(C)C2(C)C.Cc1cc2c(cc1-c1cccc[n+]1C)-c1cc3ccccc3cc1C(C)(C)C2(C)C.Cc1cc2c(cc1-c1cccc[n+]1C)-c1ccc3ccccc3c1C(C)(C)C2(C)C.Cc1ccc2c(c1-c1cccc[n+]1C)C(C)(C)C(C)(C)c1c-2ccc2ccccc12.Cc1ccc2c(c1-c1cccc[n+]1C)CCc1c-2ccc2ccccc12. The molecule has 0 fully saturated rings. The molecule has 20 aromatic rings. The van der Waals surface area contributed by atoms with E-state index in [4.69, 9.17) is 0 Å². The van der Waals surface area contributed by atoms with Crippen LogP contribution in [0.1, 0.15) is 194 Å². The van der Waals surface area contributed by atoms with Crippen molar-refractivity contribution >= 4 is 53.9 Å². The van der Waals surface area contributed by atoms with E-state index >= 15 is 0 Å². The van der Waals surface area contributed by atoms with Crippen molar-refractivity contribution in [3.8, 4) is 112 Å². The molecule has 0 spiro atoms. The van der Waals surface area contributed by atoms with Crippen LogP contribution in [0.4, 0.5) is 0 Å². The third kappa shape index (κ3) is 15.5. The highest BCUT2D eigenvalue weighted by molar-refractivity contribution is 6.04. The first-order valence-corrected chi connectivity index (χ1v) is 52.8. The molecule has 5 heteroatoms. The van der Waals surface area contributed by atoms with Gasteiger partial charge in [0.05, 0.1) is 11.1 Å². The molecule has 0 saturated heterocycles. The zero-order chi connectivity index (χ0) is 103. The molecule has 5 nitrogen and oxygen atoms in total. The van der Waals surface area contributed by atoms with E-state index in [-0.39, 0.29) is 43.3 Å². The van der Waals surface area contributed by atoms with Crippen LogP contribution in [0.3, 0.4) is 0 Å². The molecule has 0 N–H and O–H groups in total. The van der Waals surface area contributed by atoms with Crippen LogP contribution < -0.4 is 22.8 Å². The van der Waals surface area contributed by atoms with Crippen molar-refractivity contribution in [2.24, 2.45) is 35.2 Å². The quantitative estimate of drug-likeness (QED) is 0.153. The zero-order valence-corrected chi connectivity index (χ0v) is 90.8. The molecule has 0 saturated carbocycles. The fourth-order valence-electron chi connectivity index (χ4n) is 25.8. The lowest BCUT2D eigenvalue weighted by atomic mass is 9.53. The Balaban J connectivity index is 0.000000107. The number of nitrogens with zero attached hydrogens (tertiary/aromatic N) is 5. The normalized spacial score (nSPS) is 15.6. The molecule has 15 aromatic carbocycles. The van der Waals surface area contributed by atoms with Crippen LogP contribution in [-0.2, 0) is 91.4 Å². The highest BCUT2D eigenvalue weighted by atomic mass is 14.9. The number of hydrogen-bond donors (Lipinski definition) is 0. The fourth-order valence-corrected chi connectivity index (χ4v) is 25.8. The fraction of sp³-hybridized carbons (Fsp3) is 0.255. The van der Waals surface area contributed by atoms with Gasteiger partial charge in [0.1, 0.15) is 35.2 Å². The molecule has 25 rings (SSSR count). The second-order valence-corrected chi connectivity index (χ2v) is 46.8. The Bertz CT molecular complexity index is 8530. The zero-order valence-electron chi connectivity index (χ0n) is 90.8. The number of rotatable bonds is 5. The summed E-state index contributed by atoms with van der Waals surface area (Å²) in [7, 11) is 10.7. The Hall–Kier alpha value is -14.7. The van der Waals surface area contributed by atoms with Gasteiger partial charge in [0.2, 0.25) is 28.5 Å². The number of aryl methyl sites for hydroxylation is 11. The molecule has 0 unspecified atom stereocenters. The van der Waals surface area contributed by atoms with Crippen LogP contribution in [0.15, 0.2) is 365 Å².